The number of hydrogen-bond donors (Lipinski definition) is 0. The lowest BCUT2D eigenvalue weighted by molar-refractivity contribution is 0.0664. The number of alkyl halides is 2. The van der Waals surface area contributed by atoms with Crippen LogP contribution in [0.4, 0.5) is 8.78 Å². The van der Waals surface area contributed by atoms with Crippen molar-refractivity contribution in [1.82, 2.24) is 4.57 Å². The van der Waals surface area contributed by atoms with Gasteiger partial charge in [-0.2, -0.15) is 8.78 Å². The average Bonchev–Trinajstić information content (AvgIpc) is 2.38. The zero-order valence-corrected chi connectivity index (χ0v) is 10.8. The predicted molar refractivity (Wildman–Crippen MR) is 71.5 cm³/mol. The molecule has 0 radical (unpaired) electrons. The van der Waals surface area contributed by atoms with Crippen LogP contribution in [0.25, 0.3) is 11.1 Å². The van der Waals surface area contributed by atoms with Gasteiger partial charge in [-0.15, -0.1) is 0 Å². The van der Waals surface area contributed by atoms with Gasteiger partial charge in [-0.25, -0.2) is 0 Å². The molecule has 0 aliphatic heterocycles. The van der Waals surface area contributed by atoms with Gasteiger partial charge in [0.1, 0.15) is 0 Å². The maximum Gasteiger partial charge on any atom is 0.321 e. The summed E-state index contributed by atoms with van der Waals surface area (Å²) in [5.41, 5.74) is 1.98. The maximum absolute atomic E-state index is 12.5. The molecule has 2 rings (SSSR count). The fourth-order valence-electron chi connectivity index (χ4n) is 1.91. The van der Waals surface area contributed by atoms with Gasteiger partial charge in [0, 0.05) is 12.3 Å². The Bertz CT molecular complexity index is 632. The summed E-state index contributed by atoms with van der Waals surface area (Å²) in [6.45, 7) is 1.35. The summed E-state index contributed by atoms with van der Waals surface area (Å²) in [7, 11) is 0. The van der Waals surface area contributed by atoms with Crippen LogP contribution in [0.5, 0.6) is 0 Å². The molecule has 2 aromatic rings. The van der Waals surface area contributed by atoms with Crippen molar-refractivity contribution >= 4 is 0 Å². The van der Waals surface area contributed by atoms with Crippen LogP contribution in [0.3, 0.4) is 0 Å². The van der Waals surface area contributed by atoms with Gasteiger partial charge < -0.3 is 0 Å². The molecule has 1 heterocycles. The molecule has 0 atom stereocenters. The highest BCUT2D eigenvalue weighted by atomic mass is 19.3. The number of halogens is 2. The van der Waals surface area contributed by atoms with Crippen LogP contribution in [0.15, 0.2) is 47.4 Å². The molecule has 100 valence electrons. The highest BCUT2D eigenvalue weighted by molar-refractivity contribution is 5.63. The van der Waals surface area contributed by atoms with Crippen molar-refractivity contribution in [2.24, 2.45) is 0 Å². The SMILES string of the molecule is CC(C)c1cccc(-c2ccn(C(F)F)c(=O)c2)c1. The number of aromatic nitrogens is 1. The van der Waals surface area contributed by atoms with Gasteiger partial charge >= 0.3 is 6.55 Å². The van der Waals surface area contributed by atoms with Crippen LogP contribution in [-0.2, 0) is 0 Å². The van der Waals surface area contributed by atoms with Gasteiger partial charge in [-0.3, -0.25) is 9.36 Å². The summed E-state index contributed by atoms with van der Waals surface area (Å²) < 4.78 is 25.4. The summed E-state index contributed by atoms with van der Waals surface area (Å²) in [6.07, 6.45) is 1.13. The smallest absolute Gasteiger partial charge is 0.269 e. The molecule has 0 amide bonds. The largest absolute Gasteiger partial charge is 0.321 e. The first-order chi connectivity index (χ1) is 8.99. The third-order valence-electron chi connectivity index (χ3n) is 3.05. The lowest BCUT2D eigenvalue weighted by Crippen LogP contribution is -2.18. The van der Waals surface area contributed by atoms with E-state index >= 15 is 0 Å². The quantitative estimate of drug-likeness (QED) is 0.819. The van der Waals surface area contributed by atoms with Gasteiger partial charge in [0.05, 0.1) is 0 Å². The zero-order valence-electron chi connectivity index (χ0n) is 10.8. The molecular formula is C15H15F2NO. The first-order valence-electron chi connectivity index (χ1n) is 6.09. The van der Waals surface area contributed by atoms with E-state index in [1.165, 1.54) is 12.1 Å². The van der Waals surface area contributed by atoms with Crippen LogP contribution in [0, 0.1) is 0 Å². The van der Waals surface area contributed by atoms with Crippen molar-refractivity contribution in [3.63, 3.8) is 0 Å². The number of pyridine rings is 1. The molecule has 0 spiro atoms. The third-order valence-corrected chi connectivity index (χ3v) is 3.05. The second-order valence-electron chi connectivity index (χ2n) is 4.72. The van der Waals surface area contributed by atoms with Gasteiger partial charge in [0.2, 0.25) is 0 Å². The van der Waals surface area contributed by atoms with Crippen LogP contribution >= 0.6 is 0 Å². The van der Waals surface area contributed by atoms with E-state index in [1.807, 2.05) is 24.3 Å². The Morgan fingerprint density at radius 3 is 2.32 bits per heavy atom. The minimum absolute atomic E-state index is 0.376. The van der Waals surface area contributed by atoms with E-state index < -0.39 is 12.1 Å². The minimum Gasteiger partial charge on any atom is -0.269 e. The van der Waals surface area contributed by atoms with Gasteiger partial charge in [-0.1, -0.05) is 38.1 Å². The normalized spacial score (nSPS) is 11.3. The van der Waals surface area contributed by atoms with Crippen molar-refractivity contribution in [1.29, 1.82) is 0 Å². The van der Waals surface area contributed by atoms with E-state index in [4.69, 9.17) is 0 Å². The molecule has 0 saturated carbocycles. The molecule has 19 heavy (non-hydrogen) atoms. The fraction of sp³-hybridized carbons (Fsp3) is 0.267. The van der Waals surface area contributed by atoms with Crippen molar-refractivity contribution < 1.29 is 8.78 Å². The van der Waals surface area contributed by atoms with Crippen molar-refractivity contribution in [2.45, 2.75) is 26.3 Å². The Hall–Kier alpha value is -1.97. The van der Waals surface area contributed by atoms with E-state index in [-0.39, 0.29) is 0 Å². The molecule has 0 bridgehead atoms. The van der Waals surface area contributed by atoms with E-state index in [0.717, 1.165) is 17.3 Å². The van der Waals surface area contributed by atoms with Gasteiger partial charge in [-0.05, 0) is 28.7 Å². The number of hydrogen-bond acceptors (Lipinski definition) is 1. The first kappa shape index (κ1) is 13.5. The molecule has 0 unspecified atom stereocenters. The van der Waals surface area contributed by atoms with E-state index in [0.29, 0.717) is 16.0 Å². The van der Waals surface area contributed by atoms with Crippen molar-refractivity contribution in [3.05, 3.63) is 58.5 Å². The second-order valence-corrected chi connectivity index (χ2v) is 4.72. The van der Waals surface area contributed by atoms with E-state index in [1.54, 1.807) is 0 Å². The minimum atomic E-state index is -2.80. The fourth-order valence-corrected chi connectivity index (χ4v) is 1.91. The Morgan fingerprint density at radius 1 is 1.05 bits per heavy atom. The first-order valence-corrected chi connectivity index (χ1v) is 6.09. The standard InChI is InChI=1S/C15H15F2NO/c1-10(2)11-4-3-5-12(8-11)13-6-7-18(15(16)17)14(19)9-13/h3-10,15H,1-2H3. The summed E-state index contributed by atoms with van der Waals surface area (Å²) in [6, 6.07) is 10.5. The second kappa shape index (κ2) is 5.34. The Labute approximate surface area is 110 Å². The lowest BCUT2D eigenvalue weighted by atomic mass is 9.98. The molecule has 1 aromatic carbocycles. The summed E-state index contributed by atoms with van der Waals surface area (Å²) in [5.74, 6) is 0.376. The Kier molecular flexibility index (Phi) is 3.79. The van der Waals surface area contributed by atoms with E-state index in [9.17, 15) is 13.6 Å². The van der Waals surface area contributed by atoms with E-state index in [2.05, 4.69) is 13.8 Å². The van der Waals surface area contributed by atoms with Crippen LogP contribution in [0.2, 0.25) is 0 Å². The molecule has 0 fully saturated rings. The third kappa shape index (κ3) is 2.89. The summed E-state index contributed by atoms with van der Waals surface area (Å²) >= 11 is 0. The topological polar surface area (TPSA) is 22.0 Å². The number of benzene rings is 1. The highest BCUT2D eigenvalue weighted by Crippen LogP contribution is 2.23. The van der Waals surface area contributed by atoms with Crippen LogP contribution in [-0.4, -0.2) is 4.57 Å². The molecule has 2 nitrogen and oxygen atoms in total. The summed E-state index contributed by atoms with van der Waals surface area (Å²) in [5, 5.41) is 0. The molecule has 0 aliphatic carbocycles. The Balaban J connectivity index is 2.45. The van der Waals surface area contributed by atoms with Crippen molar-refractivity contribution in [3.8, 4) is 11.1 Å². The number of nitrogens with zero attached hydrogens (tertiary/aromatic N) is 1. The molecule has 1 aromatic heterocycles. The number of rotatable bonds is 3. The molecular weight excluding hydrogens is 248 g/mol. The molecule has 4 heteroatoms. The van der Waals surface area contributed by atoms with Gasteiger partial charge in [0.25, 0.3) is 5.56 Å². The predicted octanol–water partition coefficient (Wildman–Crippen LogP) is 4.03. The lowest BCUT2D eigenvalue weighted by Gasteiger charge is -2.09. The van der Waals surface area contributed by atoms with Gasteiger partial charge in [0.15, 0.2) is 0 Å². The molecule has 0 N–H and O–H groups in total. The summed E-state index contributed by atoms with van der Waals surface area (Å²) in [4.78, 5) is 11.6. The highest BCUT2D eigenvalue weighted by Gasteiger charge is 2.09. The van der Waals surface area contributed by atoms with Crippen LogP contribution in [0.1, 0.15) is 31.9 Å². The van der Waals surface area contributed by atoms with Crippen LogP contribution < -0.4 is 5.56 Å². The molecule has 0 aliphatic rings. The van der Waals surface area contributed by atoms with Crippen molar-refractivity contribution in [2.75, 3.05) is 0 Å². The monoisotopic (exact) mass is 263 g/mol. The molecule has 0 saturated heterocycles. The average molecular weight is 263 g/mol. The zero-order chi connectivity index (χ0) is 14.0. The Morgan fingerprint density at radius 2 is 1.74 bits per heavy atom. The maximum atomic E-state index is 12.5.